The van der Waals surface area contributed by atoms with Crippen LogP contribution < -0.4 is 11.1 Å². The number of amides is 1. The maximum Gasteiger partial charge on any atom is 0.279 e. The number of aromatic nitrogens is 4. The molecule has 2 heterocycles. The fraction of sp³-hybridized carbons (Fsp3) is 0.167. The predicted molar refractivity (Wildman–Crippen MR) is 76.6 cm³/mol. The van der Waals surface area contributed by atoms with Gasteiger partial charge in [-0.1, -0.05) is 28.7 Å². The molecule has 3 rings (SSSR count). The predicted octanol–water partition coefficient (Wildman–Crippen LogP) is 1.10. The number of carbonyl (C=O) groups excluding carboxylic acids is 1. The largest absolute Gasteiger partial charge is 0.329 e. The van der Waals surface area contributed by atoms with Gasteiger partial charge in [-0.2, -0.15) is 0 Å². The SMILES string of the molecule is NCCn1cc(C(=O)Nc2nc3ccccc3s2)nn1. The molecule has 0 fully saturated rings. The molecule has 0 saturated heterocycles. The molecule has 1 aromatic carbocycles. The van der Waals surface area contributed by atoms with Gasteiger partial charge in [-0.3, -0.25) is 14.8 Å². The van der Waals surface area contributed by atoms with E-state index in [0.29, 0.717) is 18.2 Å². The molecule has 102 valence electrons. The molecule has 0 unspecified atom stereocenters. The highest BCUT2D eigenvalue weighted by Crippen LogP contribution is 2.25. The molecule has 3 N–H and O–H groups in total. The Morgan fingerprint density at radius 1 is 1.40 bits per heavy atom. The Hall–Kier alpha value is -2.32. The van der Waals surface area contributed by atoms with Crippen LogP contribution in [-0.2, 0) is 6.54 Å². The first-order valence-electron chi connectivity index (χ1n) is 6.03. The summed E-state index contributed by atoms with van der Waals surface area (Å²) in [4.78, 5) is 16.3. The van der Waals surface area contributed by atoms with E-state index in [1.807, 2.05) is 24.3 Å². The van der Waals surface area contributed by atoms with Crippen LogP contribution in [0.25, 0.3) is 10.2 Å². The molecule has 20 heavy (non-hydrogen) atoms. The van der Waals surface area contributed by atoms with Gasteiger partial charge in [0.2, 0.25) is 0 Å². The molecule has 7 nitrogen and oxygen atoms in total. The van der Waals surface area contributed by atoms with Crippen molar-refractivity contribution in [3.05, 3.63) is 36.2 Å². The number of fused-ring (bicyclic) bond motifs is 1. The lowest BCUT2D eigenvalue weighted by Gasteiger charge is -1.96. The number of hydrogen-bond acceptors (Lipinski definition) is 6. The number of benzene rings is 1. The summed E-state index contributed by atoms with van der Waals surface area (Å²) in [5, 5.41) is 10.9. The van der Waals surface area contributed by atoms with E-state index in [-0.39, 0.29) is 11.6 Å². The van der Waals surface area contributed by atoms with Crippen LogP contribution in [0.15, 0.2) is 30.5 Å². The molecule has 2 aromatic heterocycles. The number of thiazole rings is 1. The van der Waals surface area contributed by atoms with E-state index >= 15 is 0 Å². The van der Waals surface area contributed by atoms with Crippen molar-refractivity contribution in [3.8, 4) is 0 Å². The highest BCUT2D eigenvalue weighted by Gasteiger charge is 2.13. The number of anilines is 1. The first-order valence-corrected chi connectivity index (χ1v) is 6.85. The van der Waals surface area contributed by atoms with Gasteiger partial charge in [0, 0.05) is 6.54 Å². The Morgan fingerprint density at radius 3 is 3.05 bits per heavy atom. The van der Waals surface area contributed by atoms with Crippen LogP contribution in [0.5, 0.6) is 0 Å². The van der Waals surface area contributed by atoms with Crippen LogP contribution in [0.3, 0.4) is 0 Å². The molecule has 0 aliphatic carbocycles. The molecule has 0 atom stereocenters. The summed E-state index contributed by atoms with van der Waals surface area (Å²) in [5.41, 5.74) is 6.52. The van der Waals surface area contributed by atoms with E-state index < -0.39 is 0 Å². The Balaban J connectivity index is 1.77. The van der Waals surface area contributed by atoms with Gasteiger partial charge in [0.05, 0.1) is 23.0 Å². The van der Waals surface area contributed by atoms with Crippen LogP contribution in [0.1, 0.15) is 10.5 Å². The molecule has 0 bridgehead atoms. The van der Waals surface area contributed by atoms with Gasteiger partial charge in [-0.25, -0.2) is 4.98 Å². The number of rotatable bonds is 4. The van der Waals surface area contributed by atoms with Gasteiger partial charge >= 0.3 is 0 Å². The molecule has 0 spiro atoms. The third-order valence-corrected chi connectivity index (χ3v) is 3.60. The number of hydrogen-bond donors (Lipinski definition) is 2. The quantitative estimate of drug-likeness (QED) is 0.749. The second-order valence-electron chi connectivity index (χ2n) is 4.10. The number of nitrogens with two attached hydrogens (primary N) is 1. The van der Waals surface area contributed by atoms with Gasteiger partial charge in [0.15, 0.2) is 10.8 Å². The van der Waals surface area contributed by atoms with E-state index in [9.17, 15) is 4.79 Å². The van der Waals surface area contributed by atoms with E-state index in [0.717, 1.165) is 10.2 Å². The molecule has 8 heteroatoms. The molecule has 0 aliphatic rings. The third kappa shape index (κ3) is 2.51. The lowest BCUT2D eigenvalue weighted by molar-refractivity contribution is 0.102. The topological polar surface area (TPSA) is 98.7 Å². The van der Waals surface area contributed by atoms with Crippen molar-refractivity contribution < 1.29 is 4.79 Å². The lowest BCUT2D eigenvalue weighted by Crippen LogP contribution is -2.12. The minimum Gasteiger partial charge on any atom is -0.329 e. The summed E-state index contributed by atoms with van der Waals surface area (Å²) in [7, 11) is 0. The summed E-state index contributed by atoms with van der Waals surface area (Å²) in [6, 6.07) is 7.70. The monoisotopic (exact) mass is 288 g/mol. The minimum absolute atomic E-state index is 0.248. The van der Waals surface area contributed by atoms with E-state index in [4.69, 9.17) is 5.73 Å². The van der Waals surface area contributed by atoms with Crippen molar-refractivity contribution in [1.29, 1.82) is 0 Å². The number of nitrogens with one attached hydrogen (secondary N) is 1. The van der Waals surface area contributed by atoms with Crippen molar-refractivity contribution in [1.82, 2.24) is 20.0 Å². The summed E-state index contributed by atoms with van der Waals surface area (Å²) in [5.74, 6) is -0.327. The van der Waals surface area contributed by atoms with Crippen molar-refractivity contribution in [2.45, 2.75) is 6.54 Å². The van der Waals surface area contributed by atoms with E-state index in [2.05, 4.69) is 20.6 Å². The minimum atomic E-state index is -0.327. The van der Waals surface area contributed by atoms with Gasteiger partial charge < -0.3 is 5.73 Å². The van der Waals surface area contributed by atoms with Crippen molar-refractivity contribution in [2.75, 3.05) is 11.9 Å². The maximum absolute atomic E-state index is 12.0. The molecule has 1 amide bonds. The number of carbonyl (C=O) groups is 1. The van der Waals surface area contributed by atoms with Crippen molar-refractivity contribution in [3.63, 3.8) is 0 Å². The smallest absolute Gasteiger partial charge is 0.279 e. The zero-order valence-electron chi connectivity index (χ0n) is 10.5. The summed E-state index contributed by atoms with van der Waals surface area (Å²) in [6.07, 6.45) is 1.56. The van der Waals surface area contributed by atoms with Crippen LogP contribution in [0, 0.1) is 0 Å². The summed E-state index contributed by atoms with van der Waals surface area (Å²) >= 11 is 1.42. The van der Waals surface area contributed by atoms with Crippen molar-refractivity contribution >= 4 is 32.6 Å². The molecular weight excluding hydrogens is 276 g/mol. The zero-order valence-corrected chi connectivity index (χ0v) is 11.3. The van der Waals surface area contributed by atoms with Gasteiger partial charge in [-0.15, -0.1) is 5.10 Å². The number of para-hydroxylation sites is 1. The highest BCUT2D eigenvalue weighted by atomic mass is 32.1. The standard InChI is InChI=1S/C12H12N6OS/c13-5-6-18-7-9(16-17-18)11(19)15-12-14-8-3-1-2-4-10(8)20-12/h1-4,7H,5-6,13H2,(H,14,15,19). The first kappa shape index (κ1) is 12.7. The van der Waals surface area contributed by atoms with Crippen molar-refractivity contribution in [2.24, 2.45) is 5.73 Å². The Labute approximate surface area is 118 Å². The van der Waals surface area contributed by atoms with Crippen LogP contribution >= 0.6 is 11.3 Å². The lowest BCUT2D eigenvalue weighted by atomic mass is 10.3. The Bertz CT molecular complexity index is 716. The molecule has 0 saturated carbocycles. The molecule has 0 aliphatic heterocycles. The molecule has 0 radical (unpaired) electrons. The Kier molecular flexibility index (Phi) is 3.40. The van der Waals surface area contributed by atoms with E-state index in [1.54, 1.807) is 6.20 Å². The van der Waals surface area contributed by atoms with Crippen LogP contribution in [0.4, 0.5) is 5.13 Å². The number of nitrogens with zero attached hydrogens (tertiary/aromatic N) is 4. The fourth-order valence-corrected chi connectivity index (χ4v) is 2.59. The van der Waals surface area contributed by atoms with Gasteiger partial charge in [0.25, 0.3) is 5.91 Å². The summed E-state index contributed by atoms with van der Waals surface area (Å²) < 4.78 is 2.56. The first-order chi connectivity index (χ1) is 9.76. The second kappa shape index (κ2) is 5.35. The second-order valence-corrected chi connectivity index (χ2v) is 5.13. The fourth-order valence-electron chi connectivity index (χ4n) is 1.73. The molecule has 3 aromatic rings. The maximum atomic E-state index is 12.0. The Morgan fingerprint density at radius 2 is 2.25 bits per heavy atom. The average molecular weight is 288 g/mol. The van der Waals surface area contributed by atoms with E-state index in [1.165, 1.54) is 16.0 Å². The highest BCUT2D eigenvalue weighted by molar-refractivity contribution is 7.22. The average Bonchev–Trinajstić information content (AvgIpc) is 3.04. The summed E-state index contributed by atoms with van der Waals surface area (Å²) in [6.45, 7) is 0.976. The van der Waals surface area contributed by atoms with Gasteiger partial charge in [0.1, 0.15) is 0 Å². The molecular formula is C12H12N6OS. The van der Waals surface area contributed by atoms with Crippen LogP contribution in [-0.4, -0.2) is 32.4 Å². The third-order valence-electron chi connectivity index (χ3n) is 2.64. The zero-order chi connectivity index (χ0) is 13.9. The van der Waals surface area contributed by atoms with Gasteiger partial charge in [-0.05, 0) is 12.1 Å². The van der Waals surface area contributed by atoms with Crippen LogP contribution in [0.2, 0.25) is 0 Å². The normalized spacial score (nSPS) is 10.8.